The molecule has 1 saturated heterocycles. The minimum absolute atomic E-state index is 0.0378. The van der Waals surface area contributed by atoms with E-state index in [1.54, 1.807) is 0 Å². The van der Waals surface area contributed by atoms with Gasteiger partial charge in [0.05, 0.1) is 12.7 Å². The van der Waals surface area contributed by atoms with Gasteiger partial charge in [-0.15, -0.1) is 0 Å². The van der Waals surface area contributed by atoms with E-state index in [9.17, 15) is 0 Å². The molecular weight excluding hydrogens is 230 g/mol. The van der Waals surface area contributed by atoms with Crippen LogP contribution in [0, 0.1) is 0 Å². The van der Waals surface area contributed by atoms with E-state index >= 15 is 0 Å². The van der Waals surface area contributed by atoms with Gasteiger partial charge in [0.2, 0.25) is 0 Å². The third-order valence-corrected chi connectivity index (χ3v) is 2.56. The highest BCUT2D eigenvalue weighted by molar-refractivity contribution is 5.78. The molecule has 1 atom stereocenters. The largest absolute Gasteiger partial charge is 0.379 e. The molecule has 18 heavy (non-hydrogen) atoms. The van der Waals surface area contributed by atoms with Crippen LogP contribution in [0.25, 0.3) is 0 Å². The third kappa shape index (κ3) is 7.50. The summed E-state index contributed by atoms with van der Waals surface area (Å²) in [4.78, 5) is 4.25. The van der Waals surface area contributed by atoms with Crippen molar-refractivity contribution < 1.29 is 9.47 Å². The molecule has 1 rings (SSSR count). The van der Waals surface area contributed by atoms with E-state index in [-0.39, 0.29) is 5.54 Å². The van der Waals surface area contributed by atoms with Gasteiger partial charge in [-0.3, -0.25) is 4.99 Å². The van der Waals surface area contributed by atoms with Crippen LogP contribution in [0.4, 0.5) is 0 Å². The lowest BCUT2D eigenvalue weighted by molar-refractivity contribution is 0.0171. The SMILES string of the molecule is CC(C)(C)NC(N)=NCCCOCC1CCCO1. The Kier molecular flexibility index (Phi) is 6.43. The quantitative estimate of drug-likeness (QED) is 0.427. The van der Waals surface area contributed by atoms with Gasteiger partial charge in [-0.1, -0.05) is 0 Å². The first-order chi connectivity index (χ1) is 8.47. The normalized spacial score (nSPS) is 21.3. The molecule has 1 aliphatic rings. The second-order valence-corrected chi connectivity index (χ2v) is 5.71. The van der Waals surface area contributed by atoms with E-state index in [1.807, 2.05) is 0 Å². The Morgan fingerprint density at radius 1 is 1.50 bits per heavy atom. The second-order valence-electron chi connectivity index (χ2n) is 5.71. The van der Waals surface area contributed by atoms with Crippen LogP contribution >= 0.6 is 0 Å². The number of hydrogen-bond donors (Lipinski definition) is 2. The summed E-state index contributed by atoms with van der Waals surface area (Å²) < 4.78 is 11.0. The van der Waals surface area contributed by atoms with Gasteiger partial charge in [-0.05, 0) is 40.0 Å². The predicted molar refractivity (Wildman–Crippen MR) is 73.8 cm³/mol. The molecule has 0 bridgehead atoms. The van der Waals surface area contributed by atoms with Crippen LogP contribution < -0.4 is 11.1 Å². The standard InChI is InChI=1S/C13H27N3O2/c1-13(2,3)16-12(14)15-7-5-8-17-10-11-6-4-9-18-11/h11H,4-10H2,1-3H3,(H3,14,15,16). The van der Waals surface area contributed by atoms with Gasteiger partial charge in [-0.2, -0.15) is 0 Å². The fourth-order valence-electron chi connectivity index (χ4n) is 1.78. The van der Waals surface area contributed by atoms with E-state index in [2.05, 4.69) is 31.1 Å². The summed E-state index contributed by atoms with van der Waals surface area (Å²) in [5, 5.41) is 3.12. The molecule has 106 valence electrons. The molecule has 1 aliphatic heterocycles. The smallest absolute Gasteiger partial charge is 0.188 e. The van der Waals surface area contributed by atoms with E-state index in [0.717, 1.165) is 25.9 Å². The Balaban J connectivity index is 1.98. The highest BCUT2D eigenvalue weighted by atomic mass is 16.5. The monoisotopic (exact) mass is 257 g/mol. The number of hydrogen-bond acceptors (Lipinski definition) is 3. The van der Waals surface area contributed by atoms with Gasteiger partial charge in [0.15, 0.2) is 5.96 Å². The molecule has 0 aromatic rings. The fourth-order valence-corrected chi connectivity index (χ4v) is 1.78. The molecule has 1 heterocycles. The van der Waals surface area contributed by atoms with Crippen LogP contribution in [0.3, 0.4) is 0 Å². The van der Waals surface area contributed by atoms with Crippen LogP contribution in [0.1, 0.15) is 40.0 Å². The maximum absolute atomic E-state index is 5.75. The Morgan fingerprint density at radius 3 is 2.89 bits per heavy atom. The maximum atomic E-state index is 5.75. The predicted octanol–water partition coefficient (Wildman–Crippen LogP) is 1.27. The lowest BCUT2D eigenvalue weighted by Crippen LogP contribution is -2.45. The van der Waals surface area contributed by atoms with Crippen molar-refractivity contribution in [1.29, 1.82) is 0 Å². The molecule has 0 aliphatic carbocycles. The van der Waals surface area contributed by atoms with E-state index in [4.69, 9.17) is 15.2 Å². The first kappa shape index (κ1) is 15.2. The molecule has 0 radical (unpaired) electrons. The second kappa shape index (κ2) is 7.59. The van der Waals surface area contributed by atoms with E-state index in [0.29, 0.717) is 31.8 Å². The van der Waals surface area contributed by atoms with Crippen LogP contribution in [0.2, 0.25) is 0 Å². The van der Waals surface area contributed by atoms with Crippen molar-refractivity contribution in [2.24, 2.45) is 10.7 Å². The first-order valence-corrected chi connectivity index (χ1v) is 6.75. The molecule has 1 unspecified atom stereocenters. The lowest BCUT2D eigenvalue weighted by Gasteiger charge is -2.20. The van der Waals surface area contributed by atoms with Crippen molar-refractivity contribution in [2.45, 2.75) is 51.7 Å². The van der Waals surface area contributed by atoms with Crippen molar-refractivity contribution >= 4 is 5.96 Å². The molecule has 0 spiro atoms. The third-order valence-electron chi connectivity index (χ3n) is 2.56. The molecule has 0 saturated carbocycles. The fraction of sp³-hybridized carbons (Fsp3) is 0.923. The number of rotatable bonds is 6. The summed E-state index contributed by atoms with van der Waals surface area (Å²) in [5.41, 5.74) is 5.71. The molecule has 0 aromatic carbocycles. The van der Waals surface area contributed by atoms with Gasteiger partial charge in [0.1, 0.15) is 0 Å². The summed E-state index contributed by atoms with van der Waals surface area (Å²) >= 11 is 0. The van der Waals surface area contributed by atoms with Crippen molar-refractivity contribution in [3.05, 3.63) is 0 Å². The summed E-state index contributed by atoms with van der Waals surface area (Å²) in [6.07, 6.45) is 3.48. The number of ether oxygens (including phenoxy) is 2. The topological polar surface area (TPSA) is 68.9 Å². The zero-order chi connectivity index (χ0) is 13.4. The van der Waals surface area contributed by atoms with Crippen molar-refractivity contribution in [3.63, 3.8) is 0 Å². The molecule has 0 aromatic heterocycles. The first-order valence-electron chi connectivity index (χ1n) is 6.75. The van der Waals surface area contributed by atoms with Gasteiger partial charge in [-0.25, -0.2) is 0 Å². The maximum Gasteiger partial charge on any atom is 0.188 e. The number of nitrogens with two attached hydrogens (primary N) is 1. The zero-order valence-electron chi connectivity index (χ0n) is 11.9. The molecule has 0 amide bonds. The highest BCUT2D eigenvalue weighted by Gasteiger charge is 2.14. The summed E-state index contributed by atoms with van der Waals surface area (Å²) in [6, 6.07) is 0. The lowest BCUT2D eigenvalue weighted by atomic mass is 10.1. The van der Waals surface area contributed by atoms with Gasteiger partial charge >= 0.3 is 0 Å². The molecular formula is C13H27N3O2. The van der Waals surface area contributed by atoms with E-state index in [1.165, 1.54) is 0 Å². The van der Waals surface area contributed by atoms with Crippen LogP contribution in [-0.2, 0) is 9.47 Å². The average molecular weight is 257 g/mol. The van der Waals surface area contributed by atoms with Gasteiger partial charge in [0, 0.05) is 25.3 Å². The molecule has 1 fully saturated rings. The van der Waals surface area contributed by atoms with Crippen molar-refractivity contribution in [1.82, 2.24) is 5.32 Å². The Morgan fingerprint density at radius 2 is 2.28 bits per heavy atom. The van der Waals surface area contributed by atoms with Crippen molar-refractivity contribution in [3.8, 4) is 0 Å². The Bertz CT molecular complexity index is 255. The minimum Gasteiger partial charge on any atom is -0.379 e. The molecule has 5 heteroatoms. The van der Waals surface area contributed by atoms with Crippen molar-refractivity contribution in [2.75, 3.05) is 26.4 Å². The Hall–Kier alpha value is -0.810. The summed E-state index contributed by atoms with van der Waals surface area (Å²) in [6.45, 7) is 9.17. The zero-order valence-corrected chi connectivity index (χ0v) is 11.9. The van der Waals surface area contributed by atoms with Crippen LogP contribution in [0.15, 0.2) is 4.99 Å². The molecule has 3 N–H and O–H groups in total. The van der Waals surface area contributed by atoms with Gasteiger partial charge in [0.25, 0.3) is 0 Å². The Labute approximate surface area is 110 Å². The summed E-state index contributed by atoms with van der Waals surface area (Å²) in [5.74, 6) is 0.502. The number of guanidine groups is 1. The number of nitrogens with one attached hydrogen (secondary N) is 1. The molecule has 5 nitrogen and oxygen atoms in total. The number of nitrogens with zero attached hydrogens (tertiary/aromatic N) is 1. The van der Waals surface area contributed by atoms with E-state index < -0.39 is 0 Å². The summed E-state index contributed by atoms with van der Waals surface area (Å²) in [7, 11) is 0. The van der Waals surface area contributed by atoms with Crippen LogP contribution in [-0.4, -0.2) is 44.0 Å². The minimum atomic E-state index is -0.0378. The average Bonchev–Trinajstić information content (AvgIpc) is 2.73. The van der Waals surface area contributed by atoms with Crippen LogP contribution in [0.5, 0.6) is 0 Å². The van der Waals surface area contributed by atoms with Gasteiger partial charge < -0.3 is 20.5 Å². The highest BCUT2D eigenvalue weighted by Crippen LogP contribution is 2.11. The number of aliphatic imine (C=N–C) groups is 1.